The maximum atomic E-state index is 11.6. The molecule has 0 saturated heterocycles. The summed E-state index contributed by atoms with van der Waals surface area (Å²) in [5, 5.41) is 17.5. The molecular formula is C13H22N4O4. The number of carbonyl (C=O) groups is 1. The largest absolute Gasteiger partial charge is 0.475 e. The zero-order chi connectivity index (χ0) is 15.7. The van der Waals surface area contributed by atoms with Crippen molar-refractivity contribution in [1.82, 2.24) is 15.1 Å². The maximum absolute atomic E-state index is 11.6. The third-order valence-corrected chi connectivity index (χ3v) is 3.02. The summed E-state index contributed by atoms with van der Waals surface area (Å²) in [5.74, 6) is -0.122. The normalized spacial score (nSPS) is 10.4. The number of methoxy groups -OCH3 is 1. The van der Waals surface area contributed by atoms with Crippen molar-refractivity contribution in [3.05, 3.63) is 16.3 Å². The second-order valence-corrected chi connectivity index (χ2v) is 4.70. The van der Waals surface area contributed by atoms with Crippen LogP contribution in [0.1, 0.15) is 39.0 Å². The molecule has 8 nitrogen and oxygen atoms in total. The molecule has 0 aliphatic carbocycles. The molecular weight excluding hydrogens is 276 g/mol. The Labute approximate surface area is 123 Å². The number of unbranched alkanes of at least 4 members (excludes halogenated alkanes) is 3. The van der Waals surface area contributed by atoms with Gasteiger partial charge in [0.05, 0.1) is 18.6 Å². The first kappa shape index (κ1) is 16.9. The van der Waals surface area contributed by atoms with Gasteiger partial charge in [-0.05, 0) is 6.42 Å². The highest BCUT2D eigenvalue weighted by Gasteiger charge is 2.20. The topological polar surface area (TPSA) is 99.3 Å². The average molecular weight is 298 g/mol. The fourth-order valence-corrected chi connectivity index (χ4v) is 1.86. The summed E-state index contributed by atoms with van der Waals surface area (Å²) in [4.78, 5) is 21.8. The first-order chi connectivity index (χ1) is 10.1. The van der Waals surface area contributed by atoms with Gasteiger partial charge >= 0.3 is 11.6 Å². The molecule has 0 atom stereocenters. The Hall–Kier alpha value is -2.12. The van der Waals surface area contributed by atoms with Gasteiger partial charge in [0.1, 0.15) is 6.20 Å². The second kappa shape index (κ2) is 8.93. The van der Waals surface area contributed by atoms with E-state index in [0.29, 0.717) is 6.54 Å². The van der Waals surface area contributed by atoms with Crippen LogP contribution >= 0.6 is 0 Å². The lowest BCUT2D eigenvalue weighted by molar-refractivity contribution is -0.385. The molecule has 0 unspecified atom stereocenters. The predicted molar refractivity (Wildman–Crippen MR) is 77.2 cm³/mol. The van der Waals surface area contributed by atoms with Gasteiger partial charge in [0, 0.05) is 13.0 Å². The molecule has 0 fully saturated rings. The number of aryl methyl sites for hydroxylation is 1. The molecule has 8 heteroatoms. The molecule has 1 aromatic heterocycles. The van der Waals surface area contributed by atoms with Gasteiger partial charge in [0.25, 0.3) is 0 Å². The smallest absolute Gasteiger partial charge is 0.350 e. The van der Waals surface area contributed by atoms with Crippen LogP contribution < -0.4 is 10.1 Å². The molecule has 1 aromatic rings. The lowest BCUT2D eigenvalue weighted by Gasteiger charge is -2.04. The van der Waals surface area contributed by atoms with E-state index in [0.717, 1.165) is 19.3 Å². The summed E-state index contributed by atoms with van der Waals surface area (Å²) in [6, 6.07) is 0. The predicted octanol–water partition coefficient (Wildman–Crippen LogP) is 1.89. The molecule has 118 valence electrons. The van der Waals surface area contributed by atoms with Crippen LogP contribution in [0.2, 0.25) is 0 Å². The summed E-state index contributed by atoms with van der Waals surface area (Å²) in [5.41, 5.74) is -0.197. The van der Waals surface area contributed by atoms with Crippen LogP contribution in [0, 0.1) is 10.1 Å². The number of ether oxygens (including phenoxy) is 1. The number of hydrogen-bond donors (Lipinski definition) is 1. The lowest BCUT2D eigenvalue weighted by atomic mass is 10.2. The standard InChI is InChI=1S/C13H22N4O4/c1-3-4-5-6-8-14-12(18)7-9-16-10-11(17(19)20)13(15-16)21-2/h10H,3-9H2,1-2H3,(H,14,18). The molecule has 0 spiro atoms. The van der Waals surface area contributed by atoms with E-state index in [2.05, 4.69) is 17.3 Å². The molecule has 0 aliphatic heterocycles. The molecule has 0 aromatic carbocycles. The average Bonchev–Trinajstić information content (AvgIpc) is 2.88. The molecule has 0 bridgehead atoms. The van der Waals surface area contributed by atoms with Crippen LogP contribution in [0.5, 0.6) is 5.88 Å². The maximum Gasteiger partial charge on any atom is 0.350 e. The van der Waals surface area contributed by atoms with Gasteiger partial charge in [-0.2, -0.15) is 0 Å². The monoisotopic (exact) mass is 298 g/mol. The van der Waals surface area contributed by atoms with Crippen LogP contribution in [-0.4, -0.2) is 34.3 Å². The zero-order valence-corrected chi connectivity index (χ0v) is 12.5. The van der Waals surface area contributed by atoms with Crippen molar-refractivity contribution >= 4 is 11.6 Å². The van der Waals surface area contributed by atoms with Gasteiger partial charge in [-0.3, -0.25) is 19.6 Å². The van der Waals surface area contributed by atoms with Crippen LogP contribution in [0.3, 0.4) is 0 Å². The van der Waals surface area contributed by atoms with Gasteiger partial charge < -0.3 is 10.1 Å². The van der Waals surface area contributed by atoms with Gasteiger partial charge in [0.2, 0.25) is 5.91 Å². The summed E-state index contributed by atoms with van der Waals surface area (Å²) in [6.45, 7) is 3.09. The Morgan fingerprint density at radius 2 is 2.24 bits per heavy atom. The quantitative estimate of drug-likeness (QED) is 0.404. The highest BCUT2D eigenvalue weighted by Crippen LogP contribution is 2.23. The van der Waals surface area contributed by atoms with Crippen molar-refractivity contribution in [3.63, 3.8) is 0 Å². The molecule has 1 amide bonds. The number of rotatable bonds is 10. The Kier molecular flexibility index (Phi) is 7.20. The van der Waals surface area contributed by atoms with E-state index in [1.54, 1.807) is 0 Å². The number of nitrogens with one attached hydrogen (secondary N) is 1. The van der Waals surface area contributed by atoms with Crippen molar-refractivity contribution in [3.8, 4) is 5.88 Å². The van der Waals surface area contributed by atoms with Gasteiger partial charge in [-0.1, -0.05) is 26.2 Å². The van der Waals surface area contributed by atoms with Crippen LogP contribution in [0.15, 0.2) is 6.20 Å². The number of nitro groups is 1. The third-order valence-electron chi connectivity index (χ3n) is 3.02. The van der Waals surface area contributed by atoms with Crippen LogP contribution in [-0.2, 0) is 11.3 Å². The Balaban J connectivity index is 2.34. The van der Waals surface area contributed by atoms with Gasteiger partial charge in [0.15, 0.2) is 0 Å². The van der Waals surface area contributed by atoms with Crippen molar-refractivity contribution < 1.29 is 14.5 Å². The highest BCUT2D eigenvalue weighted by molar-refractivity contribution is 5.75. The van der Waals surface area contributed by atoms with E-state index in [4.69, 9.17) is 4.74 Å². The minimum absolute atomic E-state index is 0.0417. The molecule has 1 heterocycles. The number of aromatic nitrogens is 2. The van der Waals surface area contributed by atoms with Crippen molar-refractivity contribution in [1.29, 1.82) is 0 Å². The molecule has 0 radical (unpaired) electrons. The first-order valence-electron chi connectivity index (χ1n) is 7.11. The van der Waals surface area contributed by atoms with E-state index < -0.39 is 4.92 Å². The van der Waals surface area contributed by atoms with Crippen molar-refractivity contribution in [2.24, 2.45) is 0 Å². The molecule has 21 heavy (non-hydrogen) atoms. The first-order valence-corrected chi connectivity index (χ1v) is 7.11. The van der Waals surface area contributed by atoms with Crippen LogP contribution in [0.25, 0.3) is 0 Å². The summed E-state index contributed by atoms with van der Waals surface area (Å²) in [6.07, 6.45) is 5.92. The Morgan fingerprint density at radius 1 is 1.48 bits per heavy atom. The van der Waals surface area contributed by atoms with Gasteiger partial charge in [-0.25, -0.2) is 0 Å². The summed E-state index contributed by atoms with van der Waals surface area (Å²) in [7, 11) is 1.32. The zero-order valence-electron chi connectivity index (χ0n) is 12.5. The Morgan fingerprint density at radius 3 is 2.81 bits per heavy atom. The van der Waals surface area contributed by atoms with E-state index in [1.807, 2.05) is 0 Å². The summed E-state index contributed by atoms with van der Waals surface area (Å²) < 4.78 is 6.18. The fourth-order valence-electron chi connectivity index (χ4n) is 1.86. The number of nitrogens with zero attached hydrogens (tertiary/aromatic N) is 3. The summed E-state index contributed by atoms with van der Waals surface area (Å²) >= 11 is 0. The van der Waals surface area contributed by atoms with E-state index in [9.17, 15) is 14.9 Å². The second-order valence-electron chi connectivity index (χ2n) is 4.70. The highest BCUT2D eigenvalue weighted by atomic mass is 16.6. The number of carbonyl (C=O) groups excluding carboxylic acids is 1. The van der Waals surface area contributed by atoms with Crippen molar-refractivity contribution in [2.75, 3.05) is 13.7 Å². The number of hydrogen-bond acceptors (Lipinski definition) is 5. The molecule has 1 N–H and O–H groups in total. The van der Waals surface area contributed by atoms with E-state index in [1.165, 1.54) is 24.4 Å². The number of amides is 1. The molecule has 0 aliphatic rings. The minimum atomic E-state index is -0.559. The molecule has 1 rings (SSSR count). The van der Waals surface area contributed by atoms with Gasteiger partial charge in [-0.15, -0.1) is 5.10 Å². The Bertz CT molecular complexity index is 473. The van der Waals surface area contributed by atoms with Crippen molar-refractivity contribution in [2.45, 2.75) is 45.6 Å². The lowest BCUT2D eigenvalue weighted by Crippen LogP contribution is -2.25. The third kappa shape index (κ3) is 5.80. The minimum Gasteiger partial charge on any atom is -0.475 e. The fraction of sp³-hybridized carbons (Fsp3) is 0.692. The van der Waals surface area contributed by atoms with E-state index in [-0.39, 0.29) is 30.4 Å². The van der Waals surface area contributed by atoms with Crippen LogP contribution in [0.4, 0.5) is 5.69 Å². The molecule has 0 saturated carbocycles. The van der Waals surface area contributed by atoms with E-state index >= 15 is 0 Å². The SMILES string of the molecule is CCCCCCNC(=O)CCn1cc([N+](=O)[O-])c(OC)n1.